The van der Waals surface area contributed by atoms with E-state index in [9.17, 15) is 9.59 Å². The van der Waals surface area contributed by atoms with Crippen LogP contribution < -0.4 is 0 Å². The van der Waals surface area contributed by atoms with Gasteiger partial charge in [-0.05, 0) is 19.3 Å². The van der Waals surface area contributed by atoms with Crippen molar-refractivity contribution in [2.24, 2.45) is 17.3 Å². The summed E-state index contributed by atoms with van der Waals surface area (Å²) in [5, 5.41) is 9.11. The van der Waals surface area contributed by atoms with Gasteiger partial charge in [-0.1, -0.05) is 13.8 Å². The molecule has 1 N–H and O–H groups in total. The summed E-state index contributed by atoms with van der Waals surface area (Å²) in [5.74, 6) is -1.92. The minimum Gasteiger partial charge on any atom is -0.481 e. The Balaban J connectivity index is 2.78. The molecule has 1 saturated carbocycles. The molecule has 0 aromatic rings. The average molecular weight is 257 g/mol. The Labute approximate surface area is 108 Å². The molecular formula is C13H23NO4. The second-order valence-electron chi connectivity index (χ2n) is 5.54. The van der Waals surface area contributed by atoms with Gasteiger partial charge in [-0.25, -0.2) is 0 Å². The quantitative estimate of drug-likeness (QED) is 0.777. The second kappa shape index (κ2) is 5.26. The zero-order valence-corrected chi connectivity index (χ0v) is 11.8. The Morgan fingerprint density at radius 2 is 1.94 bits per heavy atom. The van der Waals surface area contributed by atoms with Gasteiger partial charge in [-0.15, -0.1) is 0 Å². The molecule has 0 spiro atoms. The first-order valence-electron chi connectivity index (χ1n) is 6.31. The lowest BCUT2D eigenvalue weighted by atomic mass is 10.1. The summed E-state index contributed by atoms with van der Waals surface area (Å²) in [6.07, 6.45) is 0. The van der Waals surface area contributed by atoms with Crippen LogP contribution in [-0.2, 0) is 14.3 Å². The van der Waals surface area contributed by atoms with Gasteiger partial charge in [0.1, 0.15) is 0 Å². The summed E-state index contributed by atoms with van der Waals surface area (Å²) in [6, 6.07) is -0.0293. The summed E-state index contributed by atoms with van der Waals surface area (Å²) < 4.78 is 5.05. The summed E-state index contributed by atoms with van der Waals surface area (Å²) in [5.41, 5.74) is -0.441. The Morgan fingerprint density at radius 3 is 2.28 bits per heavy atom. The zero-order valence-electron chi connectivity index (χ0n) is 11.8. The highest BCUT2D eigenvalue weighted by Gasteiger charge is 2.66. The molecule has 1 unspecified atom stereocenters. The van der Waals surface area contributed by atoms with Gasteiger partial charge in [0.25, 0.3) is 0 Å². The van der Waals surface area contributed by atoms with Gasteiger partial charge in [0, 0.05) is 13.7 Å². The third-order valence-electron chi connectivity index (χ3n) is 3.92. The number of aliphatic carboxylic acids is 1. The topological polar surface area (TPSA) is 66.8 Å². The fourth-order valence-corrected chi connectivity index (χ4v) is 2.75. The summed E-state index contributed by atoms with van der Waals surface area (Å²) in [6.45, 7) is 8.52. The van der Waals surface area contributed by atoms with Crippen molar-refractivity contribution in [3.63, 3.8) is 0 Å². The molecule has 0 aromatic carbocycles. The van der Waals surface area contributed by atoms with Crippen molar-refractivity contribution in [2.45, 2.75) is 33.7 Å². The lowest BCUT2D eigenvalue weighted by Crippen LogP contribution is -2.42. The van der Waals surface area contributed by atoms with Crippen LogP contribution in [0.1, 0.15) is 27.7 Å². The highest BCUT2D eigenvalue weighted by atomic mass is 16.5. The first-order chi connectivity index (χ1) is 8.28. The second-order valence-corrected chi connectivity index (χ2v) is 5.54. The molecule has 1 fully saturated rings. The number of carboxylic acids is 1. The van der Waals surface area contributed by atoms with E-state index in [4.69, 9.17) is 9.84 Å². The Hall–Kier alpha value is -1.10. The van der Waals surface area contributed by atoms with Gasteiger partial charge in [0.2, 0.25) is 5.91 Å². The Bertz CT molecular complexity index is 340. The van der Waals surface area contributed by atoms with Gasteiger partial charge in [0.05, 0.1) is 24.5 Å². The van der Waals surface area contributed by atoms with E-state index in [1.54, 1.807) is 12.0 Å². The normalized spacial score (nSPS) is 26.5. The van der Waals surface area contributed by atoms with Gasteiger partial charge in [-0.2, -0.15) is 0 Å². The summed E-state index contributed by atoms with van der Waals surface area (Å²) >= 11 is 0. The number of nitrogens with zero attached hydrogens (tertiary/aromatic N) is 1. The number of ether oxygens (including phenoxy) is 1. The maximum atomic E-state index is 12.4. The first-order valence-corrected chi connectivity index (χ1v) is 6.31. The average Bonchev–Trinajstić information content (AvgIpc) is 2.83. The van der Waals surface area contributed by atoms with Crippen LogP contribution in [-0.4, -0.2) is 48.2 Å². The maximum absolute atomic E-state index is 12.4. The zero-order chi connectivity index (χ0) is 14.1. The van der Waals surface area contributed by atoms with Crippen molar-refractivity contribution in [3.05, 3.63) is 0 Å². The molecule has 0 aromatic heterocycles. The van der Waals surface area contributed by atoms with Crippen molar-refractivity contribution in [2.75, 3.05) is 20.3 Å². The Kier molecular flexibility index (Phi) is 4.37. The molecule has 5 heteroatoms. The fourth-order valence-electron chi connectivity index (χ4n) is 2.75. The highest BCUT2D eigenvalue weighted by Crippen LogP contribution is 2.59. The van der Waals surface area contributed by atoms with E-state index in [2.05, 4.69) is 0 Å². The van der Waals surface area contributed by atoms with Crippen molar-refractivity contribution >= 4 is 11.9 Å². The lowest BCUT2D eigenvalue weighted by molar-refractivity contribution is -0.143. The van der Waals surface area contributed by atoms with Gasteiger partial charge >= 0.3 is 5.97 Å². The molecule has 1 aliphatic carbocycles. The summed E-state index contributed by atoms with van der Waals surface area (Å²) in [4.78, 5) is 25.2. The van der Waals surface area contributed by atoms with Crippen molar-refractivity contribution in [3.8, 4) is 0 Å². The number of carbonyl (C=O) groups is 2. The van der Waals surface area contributed by atoms with Gasteiger partial charge < -0.3 is 14.7 Å². The SMILES string of the molecule is CCN(C(=O)[C@H]1[C@@H](C(=O)O)C1(C)C)C(C)COC. The van der Waals surface area contributed by atoms with E-state index in [1.807, 2.05) is 27.7 Å². The van der Waals surface area contributed by atoms with Crippen LogP contribution in [0, 0.1) is 17.3 Å². The third kappa shape index (κ3) is 2.51. The standard InChI is InChI=1S/C13H23NO4/c1-6-14(8(2)7-18-5)11(15)9-10(12(16)17)13(9,3)4/h8-10H,6-7H2,1-5H3,(H,16,17)/t8?,9-,10+/m1/s1. The number of hydrogen-bond acceptors (Lipinski definition) is 3. The molecule has 1 amide bonds. The molecule has 0 aliphatic heterocycles. The monoisotopic (exact) mass is 257 g/mol. The van der Waals surface area contributed by atoms with Crippen LogP contribution in [0.2, 0.25) is 0 Å². The predicted octanol–water partition coefficient (Wildman–Crippen LogP) is 1.23. The van der Waals surface area contributed by atoms with Crippen LogP contribution in [0.15, 0.2) is 0 Å². The molecule has 0 saturated heterocycles. The van der Waals surface area contributed by atoms with E-state index >= 15 is 0 Å². The van der Waals surface area contributed by atoms with Crippen LogP contribution >= 0.6 is 0 Å². The van der Waals surface area contributed by atoms with E-state index < -0.39 is 23.2 Å². The minimum atomic E-state index is -0.881. The smallest absolute Gasteiger partial charge is 0.307 e. The number of likely N-dealkylation sites (N-methyl/N-ethyl adjacent to an activating group) is 1. The summed E-state index contributed by atoms with van der Waals surface area (Å²) in [7, 11) is 1.59. The number of amides is 1. The number of carbonyl (C=O) groups excluding carboxylic acids is 1. The number of carboxylic acid groups (broad SMARTS) is 1. The highest BCUT2D eigenvalue weighted by molar-refractivity contribution is 5.91. The number of hydrogen-bond donors (Lipinski definition) is 1. The van der Waals surface area contributed by atoms with Gasteiger partial charge in [0.15, 0.2) is 0 Å². The molecular weight excluding hydrogens is 234 g/mol. The largest absolute Gasteiger partial charge is 0.481 e. The minimum absolute atomic E-state index is 0.0293. The molecule has 104 valence electrons. The van der Waals surface area contributed by atoms with Crippen LogP contribution in [0.3, 0.4) is 0 Å². The maximum Gasteiger partial charge on any atom is 0.307 e. The fraction of sp³-hybridized carbons (Fsp3) is 0.846. The molecule has 0 heterocycles. The van der Waals surface area contributed by atoms with Crippen LogP contribution in [0.4, 0.5) is 0 Å². The Morgan fingerprint density at radius 1 is 1.39 bits per heavy atom. The first kappa shape index (κ1) is 15.0. The lowest BCUT2D eigenvalue weighted by Gasteiger charge is -2.28. The van der Waals surface area contributed by atoms with Crippen LogP contribution in [0.5, 0.6) is 0 Å². The van der Waals surface area contributed by atoms with E-state index in [0.717, 1.165) is 0 Å². The molecule has 1 aliphatic rings. The molecule has 5 nitrogen and oxygen atoms in total. The van der Waals surface area contributed by atoms with Crippen molar-refractivity contribution < 1.29 is 19.4 Å². The van der Waals surface area contributed by atoms with Crippen molar-refractivity contribution in [1.82, 2.24) is 4.90 Å². The van der Waals surface area contributed by atoms with E-state index in [-0.39, 0.29) is 11.9 Å². The molecule has 18 heavy (non-hydrogen) atoms. The number of methoxy groups -OCH3 is 1. The van der Waals surface area contributed by atoms with E-state index in [0.29, 0.717) is 13.2 Å². The molecule has 0 bridgehead atoms. The van der Waals surface area contributed by atoms with Gasteiger partial charge in [-0.3, -0.25) is 9.59 Å². The van der Waals surface area contributed by atoms with Crippen molar-refractivity contribution in [1.29, 1.82) is 0 Å². The van der Waals surface area contributed by atoms with Crippen LogP contribution in [0.25, 0.3) is 0 Å². The number of rotatable bonds is 6. The molecule has 3 atom stereocenters. The predicted molar refractivity (Wildman–Crippen MR) is 67.1 cm³/mol. The molecule has 1 rings (SSSR count). The van der Waals surface area contributed by atoms with E-state index in [1.165, 1.54) is 0 Å². The third-order valence-corrected chi connectivity index (χ3v) is 3.92. The molecule has 0 radical (unpaired) electrons.